The predicted molar refractivity (Wildman–Crippen MR) is 427 cm³/mol. The van der Waals surface area contributed by atoms with Gasteiger partial charge in [-0.3, -0.25) is 12.9 Å². The number of sulfone groups is 1. The standard InChI is InChI=1S/C23H21NO6S2.2C15H15NO2S.C9H10.C8H7ClO4S.C7H7ClO2S.Al.3ClH/c1-16-3-2-4-20(13-16)32(27,28)24-10-9-17-14-18(5-7-21(17)24)31(25,26)19-6-8-22-23(15-19)30-12-11-29-22;2*1-12-5-4-7-14(11-12)19(17,18)16-10-9-13-6-2-3-8-15(13)16;1-2-5-9-7-3-6-8(9)4-1;9-14(10,11)6-1-2-7-8(5-6)13-4-3-12-7;1-6-3-2-4-7(5-6)11(8,9)10;;;;/h2-8,13-15H,9-12H2,1H3;2*2-8,11H,9-10H2,1H3;1-2,4-5H,3,6-7H2;1-2,5H,3-4H2;2-5H,1H3;;3*1H/q;;;;;;+3;;;/p-3. The van der Waals surface area contributed by atoms with Crippen molar-refractivity contribution in [3.63, 3.8) is 0 Å². The summed E-state index contributed by atoms with van der Waals surface area (Å²) < 4.78 is 173. The van der Waals surface area contributed by atoms with Crippen LogP contribution >= 0.6 is 51.5 Å². The number of anilines is 3. The SMILES string of the molecule is Cc1cccc(S(=O)(=O)Cl)c1.Cc1cccc(S(=O)(=O)N2CCc3cc(S(=O)(=O)c4ccc5c(c4)OCCO5)ccc32)c1.Cc1cccc(S(=O)(=O)N2CCc3ccccc32)c1.Cc1cccc(S(=O)(=O)N2CCc3ccccc32)c1.O=S(=O)(Cl)c1ccc2c(c1)OCCO2.[Cl][Al]([Cl])[Cl].c1ccc2c(c1)CCC2. The van der Waals surface area contributed by atoms with Crippen molar-refractivity contribution < 1.29 is 69.5 Å². The number of fused-ring (bicyclic) bond motifs is 6. The minimum Gasteiger partial charge on any atom is -0.486 e. The monoisotopic (exact) mass is 1690 g/mol. The zero-order valence-corrected chi connectivity index (χ0v) is 68.7. The number of sulfonamides is 3. The molecule has 0 radical (unpaired) electrons. The van der Waals surface area contributed by atoms with Gasteiger partial charge in [-0.15, -0.1) is 0 Å². The minimum absolute atomic E-state index is 0.0171. The van der Waals surface area contributed by atoms with Crippen LogP contribution in [0.25, 0.3) is 0 Å². The van der Waals surface area contributed by atoms with Crippen LogP contribution in [0.4, 0.5) is 17.1 Å². The first kappa shape index (κ1) is 83.0. The van der Waals surface area contributed by atoms with Crippen LogP contribution in [0.3, 0.4) is 0 Å². The number of ether oxygens (including phenoxy) is 4. The fourth-order valence-electron chi connectivity index (χ4n) is 12.4. The van der Waals surface area contributed by atoms with Gasteiger partial charge in [-0.2, -0.15) is 0 Å². The molecular formula is C77H75AlCl5N3O16S6. The van der Waals surface area contributed by atoms with E-state index in [-0.39, 0.29) is 31.0 Å². The van der Waals surface area contributed by atoms with Gasteiger partial charge in [-0.1, -0.05) is 109 Å². The summed E-state index contributed by atoms with van der Waals surface area (Å²) in [4.78, 5) is 1.33. The Balaban J connectivity index is 0.000000143. The van der Waals surface area contributed by atoms with Gasteiger partial charge in [0, 0.05) is 53.1 Å². The summed E-state index contributed by atoms with van der Waals surface area (Å²) in [6, 6.07) is 64.8. The minimum atomic E-state index is -3.81. The molecule has 0 spiro atoms. The molecule has 16 rings (SSSR count). The maximum atomic E-state index is 13.2. The second-order valence-corrected chi connectivity index (χ2v) is 44.3. The molecule has 5 aliphatic heterocycles. The molecule has 31 heteroatoms. The number of nitrogens with zero attached hydrogens (tertiary/aromatic N) is 3. The van der Waals surface area contributed by atoms with Crippen molar-refractivity contribution in [1.29, 1.82) is 0 Å². The largest absolute Gasteiger partial charge is 0.643 e. The van der Waals surface area contributed by atoms with E-state index in [1.54, 1.807) is 90.0 Å². The quantitative estimate of drug-likeness (QED) is 0.0911. The lowest BCUT2D eigenvalue weighted by molar-refractivity contribution is 0.171. The normalized spacial score (nSPS) is 14.4. The average molecular weight is 1700 g/mol. The maximum Gasteiger partial charge on any atom is 0.643 e. The molecule has 5 heterocycles. The van der Waals surface area contributed by atoms with E-state index in [9.17, 15) is 50.5 Å². The maximum absolute atomic E-state index is 13.2. The van der Waals surface area contributed by atoms with Crippen LogP contribution in [0.2, 0.25) is 0 Å². The molecule has 1 aliphatic carbocycles. The van der Waals surface area contributed by atoms with E-state index in [0.717, 1.165) is 57.6 Å². The molecule has 0 aromatic heterocycles. The van der Waals surface area contributed by atoms with Crippen LogP contribution < -0.4 is 31.9 Å². The summed E-state index contributed by atoms with van der Waals surface area (Å²) in [6.45, 7) is 10.4. The van der Waals surface area contributed by atoms with Gasteiger partial charge in [0.25, 0.3) is 48.2 Å². The molecule has 0 amide bonds. The van der Waals surface area contributed by atoms with Gasteiger partial charge in [-0.05, 0) is 219 Å². The van der Waals surface area contributed by atoms with Crippen LogP contribution in [-0.4, -0.2) is 108 Å². The van der Waals surface area contributed by atoms with Crippen molar-refractivity contribution in [2.24, 2.45) is 0 Å². The lowest BCUT2D eigenvalue weighted by atomic mass is 10.1. The third-order valence-electron chi connectivity index (χ3n) is 17.5. The van der Waals surface area contributed by atoms with Gasteiger partial charge in [0.05, 0.1) is 51.3 Å². The van der Waals surface area contributed by atoms with E-state index in [4.69, 9.17) is 70.5 Å². The Bertz CT molecular complexity index is 5500. The Morgan fingerprint density at radius 3 is 0.972 bits per heavy atom. The highest BCUT2D eigenvalue weighted by Gasteiger charge is 2.35. The molecule has 0 bridgehead atoms. The average Bonchev–Trinajstić information content (AvgIpc) is 1.58. The molecule has 10 aromatic rings. The number of rotatable bonds is 10. The Kier molecular flexibility index (Phi) is 27.7. The number of para-hydroxylation sites is 2. The van der Waals surface area contributed by atoms with Crippen LogP contribution in [0.15, 0.2) is 259 Å². The smallest absolute Gasteiger partial charge is 0.486 e. The molecule has 0 saturated heterocycles. The molecule has 10 aromatic carbocycles. The third-order valence-corrected chi connectivity index (χ3v) is 27.4. The van der Waals surface area contributed by atoms with Gasteiger partial charge in [0.2, 0.25) is 9.84 Å². The fraction of sp³-hybridized carbons (Fsp3) is 0.221. The van der Waals surface area contributed by atoms with Gasteiger partial charge in [0.15, 0.2) is 23.0 Å². The van der Waals surface area contributed by atoms with Crippen molar-refractivity contribution in [1.82, 2.24) is 0 Å². The summed E-state index contributed by atoms with van der Waals surface area (Å²) in [5.74, 6) is 1.87. The Hall–Kier alpha value is -7.52. The first-order valence-corrected chi connectivity index (χ1v) is 49.4. The van der Waals surface area contributed by atoms with Crippen molar-refractivity contribution in [2.45, 2.75) is 100 Å². The van der Waals surface area contributed by atoms with Crippen molar-refractivity contribution in [3.8, 4) is 23.0 Å². The highest BCUT2D eigenvalue weighted by Crippen LogP contribution is 2.40. The summed E-state index contributed by atoms with van der Waals surface area (Å²) >= 11 is -1.72. The van der Waals surface area contributed by atoms with Crippen LogP contribution in [0, 0.1) is 27.7 Å². The molecule has 6 aliphatic rings. The van der Waals surface area contributed by atoms with Gasteiger partial charge in [-0.25, -0.2) is 80.7 Å². The molecule has 0 N–H and O–H groups in total. The zero-order chi connectivity index (χ0) is 77.8. The summed E-state index contributed by atoms with van der Waals surface area (Å²) in [7, 11) is 3.44. The molecule has 568 valence electrons. The fourth-order valence-corrected chi connectivity index (χ4v) is 20.1. The van der Waals surface area contributed by atoms with E-state index in [1.807, 2.05) is 100 Å². The van der Waals surface area contributed by atoms with E-state index < -0.39 is 69.4 Å². The third kappa shape index (κ3) is 20.9. The molecule has 0 fully saturated rings. The number of hydrogen-bond acceptors (Lipinski definition) is 16. The zero-order valence-electron chi connectivity index (χ0n) is 58.8. The van der Waals surface area contributed by atoms with Crippen molar-refractivity contribution >= 4 is 138 Å². The second-order valence-electron chi connectivity index (χ2n) is 25.2. The number of halogens is 5. The van der Waals surface area contributed by atoms with Gasteiger partial charge >= 0.3 is 11.4 Å². The number of benzene rings is 10. The summed E-state index contributed by atoms with van der Waals surface area (Å²) in [5.41, 5.74) is 11.8. The summed E-state index contributed by atoms with van der Waals surface area (Å²) in [5, 5.41) is 0. The molecule has 108 heavy (non-hydrogen) atoms. The van der Waals surface area contributed by atoms with Crippen LogP contribution in [0.5, 0.6) is 23.0 Å². The van der Waals surface area contributed by atoms with Crippen LogP contribution in [-0.2, 0) is 90.1 Å². The molecule has 0 atom stereocenters. The summed E-state index contributed by atoms with van der Waals surface area (Å²) in [6.07, 6.45) is 5.96. The Morgan fingerprint density at radius 1 is 0.296 bits per heavy atom. The number of hydrogen-bond donors (Lipinski definition) is 0. The van der Waals surface area contributed by atoms with Crippen molar-refractivity contribution in [2.75, 3.05) is 59.0 Å². The first-order chi connectivity index (χ1) is 51.2. The van der Waals surface area contributed by atoms with Gasteiger partial charge < -0.3 is 18.9 Å². The topological polar surface area (TPSA) is 251 Å². The lowest BCUT2D eigenvalue weighted by Crippen LogP contribution is -2.29. The molecular weight excluding hydrogens is 1620 g/mol. The number of aryl methyl sites for hydroxylation is 6. The Morgan fingerprint density at radius 2 is 0.593 bits per heavy atom. The molecule has 0 unspecified atom stereocenters. The molecule has 0 saturated carbocycles. The van der Waals surface area contributed by atoms with E-state index >= 15 is 0 Å². The lowest BCUT2D eigenvalue weighted by Gasteiger charge is -2.20. The van der Waals surface area contributed by atoms with Crippen molar-refractivity contribution in [3.05, 3.63) is 275 Å². The van der Waals surface area contributed by atoms with E-state index in [0.29, 0.717) is 90.0 Å². The van der Waals surface area contributed by atoms with E-state index in [2.05, 4.69) is 24.3 Å². The van der Waals surface area contributed by atoms with Gasteiger partial charge in [0.1, 0.15) is 26.4 Å². The van der Waals surface area contributed by atoms with E-state index in [1.165, 1.54) is 80.7 Å². The highest BCUT2D eigenvalue weighted by molar-refractivity contribution is 8.14. The van der Waals surface area contributed by atoms with Crippen LogP contribution in [0.1, 0.15) is 56.5 Å². The second kappa shape index (κ2) is 36.1. The predicted octanol–water partition coefficient (Wildman–Crippen LogP) is 16.0. The highest BCUT2D eigenvalue weighted by atomic mass is 35.8. The molecule has 19 nitrogen and oxygen atoms in total. The first-order valence-electron chi connectivity index (χ1n) is 33.8. The Labute approximate surface area is 658 Å².